The monoisotopic (exact) mass is 760 g/mol. The Kier molecular flexibility index (Phi) is 7.97. The minimum atomic E-state index is -0.109. The van der Waals surface area contributed by atoms with Gasteiger partial charge in [-0.05, 0) is 173 Å². The summed E-state index contributed by atoms with van der Waals surface area (Å²) >= 11 is 0. The van der Waals surface area contributed by atoms with Crippen molar-refractivity contribution in [2.45, 2.75) is 83.5 Å². The molecular weight excluding hydrogens is 709 g/mol. The summed E-state index contributed by atoms with van der Waals surface area (Å²) < 4.78 is 0. The second-order valence-electron chi connectivity index (χ2n) is 18.1. The first kappa shape index (κ1) is 36.1. The van der Waals surface area contributed by atoms with Gasteiger partial charge < -0.3 is 0 Å². The van der Waals surface area contributed by atoms with E-state index in [2.05, 4.69) is 199 Å². The van der Waals surface area contributed by atoms with Gasteiger partial charge in [0.25, 0.3) is 0 Å². The fourth-order valence-electron chi connectivity index (χ4n) is 12.0. The lowest BCUT2D eigenvalue weighted by molar-refractivity contribution is 0.490. The molecule has 0 aliphatic heterocycles. The van der Waals surface area contributed by atoms with Gasteiger partial charge in [-0.25, -0.2) is 0 Å². The van der Waals surface area contributed by atoms with E-state index in [0.29, 0.717) is 0 Å². The molecule has 0 nitrogen and oxygen atoms in total. The van der Waals surface area contributed by atoms with Crippen molar-refractivity contribution in [1.29, 1.82) is 0 Å². The molecular formula is C59H52. The first-order chi connectivity index (χ1) is 28.7. The quantitative estimate of drug-likeness (QED) is 0.152. The lowest BCUT2D eigenvalue weighted by atomic mass is 9.72. The highest BCUT2D eigenvalue weighted by Gasteiger charge is 2.43. The van der Waals surface area contributed by atoms with Crippen LogP contribution >= 0.6 is 0 Å². The minimum absolute atomic E-state index is 0.0361. The van der Waals surface area contributed by atoms with E-state index in [1.165, 1.54) is 111 Å². The van der Waals surface area contributed by atoms with Crippen LogP contribution in [0.1, 0.15) is 101 Å². The molecule has 3 aliphatic carbocycles. The Bertz CT molecular complexity index is 3010. The first-order valence-corrected chi connectivity index (χ1v) is 22.1. The summed E-state index contributed by atoms with van der Waals surface area (Å²) in [7, 11) is 0. The number of fused-ring (bicyclic) bond motifs is 10. The van der Waals surface area contributed by atoms with E-state index in [1.807, 2.05) is 0 Å². The molecule has 0 unspecified atom stereocenters. The van der Waals surface area contributed by atoms with Gasteiger partial charge in [-0.15, -0.1) is 0 Å². The number of benzene rings is 8. The van der Waals surface area contributed by atoms with Crippen molar-refractivity contribution in [2.75, 3.05) is 0 Å². The third-order valence-corrected chi connectivity index (χ3v) is 15.5. The molecule has 0 atom stereocenters. The second-order valence-corrected chi connectivity index (χ2v) is 18.1. The molecule has 59 heavy (non-hydrogen) atoms. The van der Waals surface area contributed by atoms with Crippen LogP contribution < -0.4 is 0 Å². The van der Waals surface area contributed by atoms with Crippen LogP contribution in [0.3, 0.4) is 0 Å². The zero-order valence-electron chi connectivity index (χ0n) is 35.3. The van der Waals surface area contributed by atoms with Gasteiger partial charge in [0.05, 0.1) is 0 Å². The largest absolute Gasteiger partial charge is 0.0642 e. The topological polar surface area (TPSA) is 0 Å². The van der Waals surface area contributed by atoms with E-state index in [0.717, 1.165) is 25.7 Å². The van der Waals surface area contributed by atoms with Gasteiger partial charge in [-0.1, -0.05) is 163 Å². The van der Waals surface area contributed by atoms with Crippen LogP contribution in [-0.4, -0.2) is 0 Å². The van der Waals surface area contributed by atoms with Gasteiger partial charge in [0.2, 0.25) is 0 Å². The summed E-state index contributed by atoms with van der Waals surface area (Å²) in [4.78, 5) is 0. The molecule has 288 valence electrons. The van der Waals surface area contributed by atoms with Crippen molar-refractivity contribution in [3.05, 3.63) is 191 Å². The third kappa shape index (κ3) is 4.96. The van der Waals surface area contributed by atoms with Crippen LogP contribution in [0.2, 0.25) is 0 Å². The van der Waals surface area contributed by atoms with E-state index < -0.39 is 0 Å². The molecule has 0 saturated carbocycles. The minimum Gasteiger partial charge on any atom is -0.0642 e. The Labute approximate surface area is 350 Å². The van der Waals surface area contributed by atoms with Crippen LogP contribution in [0.25, 0.3) is 77.5 Å². The molecule has 8 aromatic carbocycles. The van der Waals surface area contributed by atoms with E-state index >= 15 is 0 Å². The molecule has 0 radical (unpaired) electrons. The summed E-state index contributed by atoms with van der Waals surface area (Å²) in [6.07, 6.45) is 4.35. The van der Waals surface area contributed by atoms with E-state index in [1.54, 1.807) is 0 Å². The Morgan fingerprint density at radius 1 is 0.288 bits per heavy atom. The molecule has 0 heteroatoms. The van der Waals surface area contributed by atoms with Crippen LogP contribution in [0.15, 0.2) is 158 Å². The Morgan fingerprint density at radius 2 is 0.610 bits per heavy atom. The Hall–Kier alpha value is -5.98. The summed E-state index contributed by atoms with van der Waals surface area (Å²) in [6.45, 7) is 14.3. The highest BCUT2D eigenvalue weighted by Crippen LogP contribution is 2.57. The number of hydrogen-bond donors (Lipinski definition) is 0. The van der Waals surface area contributed by atoms with Crippen molar-refractivity contribution in [3.8, 4) is 66.8 Å². The molecule has 0 bridgehead atoms. The predicted molar refractivity (Wildman–Crippen MR) is 251 cm³/mol. The maximum Gasteiger partial charge on any atom is 0.0210 e. The van der Waals surface area contributed by atoms with Gasteiger partial charge in [0.1, 0.15) is 0 Å². The van der Waals surface area contributed by atoms with Crippen molar-refractivity contribution in [2.24, 2.45) is 0 Å². The van der Waals surface area contributed by atoms with Crippen LogP contribution in [0, 0.1) is 0 Å². The first-order valence-electron chi connectivity index (χ1n) is 22.1. The highest BCUT2D eigenvalue weighted by molar-refractivity contribution is 5.91. The van der Waals surface area contributed by atoms with E-state index in [-0.39, 0.29) is 16.2 Å². The van der Waals surface area contributed by atoms with Crippen LogP contribution in [0.5, 0.6) is 0 Å². The molecule has 8 aromatic rings. The average molecular weight is 761 g/mol. The van der Waals surface area contributed by atoms with Gasteiger partial charge in [0, 0.05) is 16.2 Å². The third-order valence-electron chi connectivity index (χ3n) is 15.5. The molecule has 0 N–H and O–H groups in total. The van der Waals surface area contributed by atoms with Crippen molar-refractivity contribution in [3.63, 3.8) is 0 Å². The maximum absolute atomic E-state index is 2.55. The Morgan fingerprint density at radius 3 is 1.07 bits per heavy atom. The molecule has 11 rings (SSSR count). The van der Waals surface area contributed by atoms with Gasteiger partial charge >= 0.3 is 0 Å². The normalized spacial score (nSPS) is 15.6. The van der Waals surface area contributed by atoms with E-state index in [9.17, 15) is 0 Å². The zero-order chi connectivity index (χ0) is 40.3. The number of rotatable bonds is 7. The summed E-state index contributed by atoms with van der Waals surface area (Å²) in [5.74, 6) is 0. The van der Waals surface area contributed by atoms with Gasteiger partial charge in [0.15, 0.2) is 0 Å². The van der Waals surface area contributed by atoms with Crippen LogP contribution in [0.4, 0.5) is 0 Å². The van der Waals surface area contributed by atoms with Crippen molar-refractivity contribution < 1.29 is 0 Å². The fourth-order valence-corrected chi connectivity index (χ4v) is 12.0. The molecule has 0 spiro atoms. The number of hydrogen-bond acceptors (Lipinski definition) is 0. The summed E-state index contributed by atoms with van der Waals surface area (Å²) in [5.41, 5.74) is 24.9. The average Bonchev–Trinajstić information content (AvgIpc) is 3.83. The standard InChI is InChI=1S/C59H52/c1-7-58(8-2)51-18-14-13-17-45(51)48-28-23-43(34-54(48)58)44-25-30-50-49-29-24-42(35-55(49)59(9-3,10-4)56(50)36-44)41-22-27-47-46-26-21-40(32-52(46)57(5,6)53(47)33-41)39-20-19-37-15-11-12-16-38(37)31-39/h11-36H,7-10H2,1-6H3. The lowest BCUT2D eigenvalue weighted by Gasteiger charge is -2.31. The SMILES string of the molecule is CCC1(CC)c2ccccc2-c2ccc(-c3ccc4c(c3)C(CC)(CC)c3cc(-c5ccc6c(c5)C(C)(C)c5cc(-c7ccc8ccccc8c7)ccc5-6)ccc3-4)cc21. The van der Waals surface area contributed by atoms with Crippen molar-refractivity contribution >= 4 is 10.8 Å². The molecule has 0 amide bonds. The van der Waals surface area contributed by atoms with Crippen LogP contribution in [-0.2, 0) is 16.2 Å². The van der Waals surface area contributed by atoms with Gasteiger partial charge in [-0.3, -0.25) is 0 Å². The lowest BCUT2D eigenvalue weighted by Crippen LogP contribution is -2.23. The Balaban J connectivity index is 0.952. The maximum atomic E-state index is 2.55. The summed E-state index contributed by atoms with van der Waals surface area (Å²) in [5, 5.41) is 2.57. The smallest absolute Gasteiger partial charge is 0.0210 e. The van der Waals surface area contributed by atoms with Gasteiger partial charge in [-0.2, -0.15) is 0 Å². The predicted octanol–water partition coefficient (Wildman–Crippen LogP) is 16.3. The second kappa shape index (κ2) is 13.0. The molecule has 0 aromatic heterocycles. The molecule has 0 fully saturated rings. The highest BCUT2D eigenvalue weighted by atomic mass is 14.5. The zero-order valence-corrected chi connectivity index (χ0v) is 35.3. The molecule has 3 aliphatic rings. The van der Waals surface area contributed by atoms with Crippen molar-refractivity contribution in [1.82, 2.24) is 0 Å². The fraction of sp³-hybridized carbons (Fsp3) is 0.220. The molecule has 0 saturated heterocycles. The van der Waals surface area contributed by atoms with E-state index in [4.69, 9.17) is 0 Å². The molecule has 0 heterocycles. The summed E-state index contributed by atoms with van der Waals surface area (Å²) in [6, 6.07) is 61.0.